The number of carbonyl (C=O) groups excluding carboxylic acids is 1. The fourth-order valence-electron chi connectivity index (χ4n) is 3.20. The summed E-state index contributed by atoms with van der Waals surface area (Å²) in [5.41, 5.74) is 1.70. The lowest BCUT2D eigenvalue weighted by Crippen LogP contribution is -2.47. The molecule has 0 radical (unpaired) electrons. The number of hydrogen-bond acceptors (Lipinski definition) is 3. The van der Waals surface area contributed by atoms with E-state index in [1.165, 1.54) is 0 Å². The summed E-state index contributed by atoms with van der Waals surface area (Å²) in [6.07, 6.45) is 0.625. The lowest BCUT2D eigenvalue weighted by Gasteiger charge is -2.27. The fourth-order valence-corrected chi connectivity index (χ4v) is 3.20. The maximum Gasteiger partial charge on any atom is 0.327 e. The van der Waals surface area contributed by atoms with Crippen molar-refractivity contribution < 1.29 is 19.4 Å². The topological polar surface area (TPSA) is 75.6 Å². The van der Waals surface area contributed by atoms with Gasteiger partial charge in [-0.15, -0.1) is 0 Å². The van der Waals surface area contributed by atoms with Gasteiger partial charge in [0.15, 0.2) is 0 Å². The molecule has 0 saturated carbocycles. The number of amides is 1. The second kappa shape index (κ2) is 7.94. The zero-order valence-electron chi connectivity index (χ0n) is 13.8. The monoisotopic (exact) mass is 339 g/mol. The van der Waals surface area contributed by atoms with Crippen LogP contribution in [0.25, 0.3) is 0 Å². The quantitative estimate of drug-likeness (QED) is 0.847. The SMILES string of the molecule is O=C(N[C@@H](C(=O)O)C(c1ccccc1)c1ccccc1)[C@@H]1CCOC1. The van der Waals surface area contributed by atoms with Crippen molar-refractivity contribution in [3.63, 3.8) is 0 Å². The predicted octanol–water partition coefficient (Wildman–Crippen LogP) is 2.42. The van der Waals surface area contributed by atoms with Crippen LogP contribution in [0.1, 0.15) is 23.5 Å². The molecule has 1 fully saturated rings. The molecule has 1 saturated heterocycles. The summed E-state index contributed by atoms with van der Waals surface area (Å²) in [5.74, 6) is -2.06. The lowest BCUT2D eigenvalue weighted by molar-refractivity contribution is -0.142. The zero-order valence-corrected chi connectivity index (χ0v) is 13.8. The molecular weight excluding hydrogens is 318 g/mol. The molecule has 5 heteroatoms. The van der Waals surface area contributed by atoms with Crippen LogP contribution in [-0.4, -0.2) is 36.2 Å². The van der Waals surface area contributed by atoms with Crippen LogP contribution >= 0.6 is 0 Å². The number of rotatable bonds is 6. The Balaban J connectivity index is 1.93. The number of nitrogens with one attached hydrogen (secondary N) is 1. The molecule has 0 aliphatic carbocycles. The molecule has 130 valence electrons. The Hall–Kier alpha value is -2.66. The van der Waals surface area contributed by atoms with Gasteiger partial charge in [0.25, 0.3) is 0 Å². The van der Waals surface area contributed by atoms with E-state index in [2.05, 4.69) is 5.32 Å². The van der Waals surface area contributed by atoms with E-state index < -0.39 is 17.9 Å². The smallest absolute Gasteiger partial charge is 0.327 e. The Morgan fingerprint density at radius 1 is 1.00 bits per heavy atom. The van der Waals surface area contributed by atoms with Gasteiger partial charge in [-0.25, -0.2) is 4.79 Å². The maximum absolute atomic E-state index is 12.5. The van der Waals surface area contributed by atoms with E-state index in [-0.39, 0.29) is 11.8 Å². The fraction of sp³-hybridized carbons (Fsp3) is 0.300. The van der Waals surface area contributed by atoms with Gasteiger partial charge in [-0.05, 0) is 17.5 Å². The molecule has 0 bridgehead atoms. The van der Waals surface area contributed by atoms with Crippen LogP contribution in [0.5, 0.6) is 0 Å². The van der Waals surface area contributed by atoms with Crippen molar-refractivity contribution in [2.45, 2.75) is 18.4 Å². The number of benzene rings is 2. The largest absolute Gasteiger partial charge is 0.480 e. The van der Waals surface area contributed by atoms with Gasteiger partial charge in [0, 0.05) is 12.5 Å². The summed E-state index contributed by atoms with van der Waals surface area (Å²) < 4.78 is 5.24. The number of carbonyl (C=O) groups is 2. The third-order valence-corrected chi connectivity index (χ3v) is 4.52. The average Bonchev–Trinajstić information content (AvgIpc) is 3.17. The summed E-state index contributed by atoms with van der Waals surface area (Å²) in [6.45, 7) is 0.885. The van der Waals surface area contributed by atoms with E-state index in [1.807, 2.05) is 60.7 Å². The molecule has 1 aliphatic rings. The molecule has 1 amide bonds. The van der Waals surface area contributed by atoms with Crippen LogP contribution in [-0.2, 0) is 14.3 Å². The van der Waals surface area contributed by atoms with Gasteiger partial charge in [0.05, 0.1) is 12.5 Å². The molecule has 1 aliphatic heterocycles. The van der Waals surface area contributed by atoms with E-state index >= 15 is 0 Å². The van der Waals surface area contributed by atoms with E-state index in [4.69, 9.17) is 4.74 Å². The number of ether oxygens (including phenoxy) is 1. The highest BCUT2D eigenvalue weighted by molar-refractivity contribution is 5.86. The summed E-state index contributed by atoms with van der Waals surface area (Å²) in [6, 6.07) is 17.8. The highest BCUT2D eigenvalue weighted by Crippen LogP contribution is 2.29. The third kappa shape index (κ3) is 4.06. The molecule has 3 rings (SSSR count). The molecule has 0 aromatic heterocycles. The molecule has 2 atom stereocenters. The molecule has 2 N–H and O–H groups in total. The van der Waals surface area contributed by atoms with Crippen LogP contribution < -0.4 is 5.32 Å². The van der Waals surface area contributed by atoms with E-state index in [1.54, 1.807) is 0 Å². The average molecular weight is 339 g/mol. The van der Waals surface area contributed by atoms with Crippen molar-refractivity contribution >= 4 is 11.9 Å². The van der Waals surface area contributed by atoms with E-state index in [0.717, 1.165) is 11.1 Å². The van der Waals surface area contributed by atoms with E-state index in [0.29, 0.717) is 19.6 Å². The number of carboxylic acid groups (broad SMARTS) is 1. The minimum Gasteiger partial charge on any atom is -0.480 e. The second-order valence-electron chi connectivity index (χ2n) is 6.18. The molecular formula is C20H21NO4. The van der Waals surface area contributed by atoms with Crippen molar-refractivity contribution in [2.75, 3.05) is 13.2 Å². The Morgan fingerprint density at radius 3 is 2.00 bits per heavy atom. The minimum atomic E-state index is -1.05. The van der Waals surface area contributed by atoms with Gasteiger partial charge in [0.2, 0.25) is 5.91 Å². The van der Waals surface area contributed by atoms with Crippen LogP contribution in [0.2, 0.25) is 0 Å². The highest BCUT2D eigenvalue weighted by Gasteiger charge is 2.34. The molecule has 2 aromatic carbocycles. The standard InChI is InChI=1S/C20H21NO4/c22-19(16-11-12-25-13-16)21-18(20(23)24)17(14-7-3-1-4-8-14)15-9-5-2-6-10-15/h1-10,16-18H,11-13H2,(H,21,22)(H,23,24)/t16-,18-/m1/s1. The van der Waals surface area contributed by atoms with Crippen LogP contribution in [0, 0.1) is 5.92 Å². The molecule has 0 unspecified atom stereocenters. The summed E-state index contributed by atoms with van der Waals surface area (Å²) >= 11 is 0. The van der Waals surface area contributed by atoms with Gasteiger partial charge in [0.1, 0.15) is 6.04 Å². The number of carboxylic acids is 1. The van der Waals surface area contributed by atoms with Crippen LogP contribution in [0.4, 0.5) is 0 Å². The number of aliphatic carboxylic acids is 1. The second-order valence-corrected chi connectivity index (χ2v) is 6.18. The lowest BCUT2D eigenvalue weighted by atomic mass is 9.84. The highest BCUT2D eigenvalue weighted by atomic mass is 16.5. The Labute approximate surface area is 146 Å². The Kier molecular flexibility index (Phi) is 5.46. The molecule has 5 nitrogen and oxygen atoms in total. The van der Waals surface area contributed by atoms with Crippen molar-refractivity contribution in [2.24, 2.45) is 5.92 Å². The molecule has 2 aromatic rings. The van der Waals surface area contributed by atoms with Crippen molar-refractivity contribution in [1.29, 1.82) is 0 Å². The van der Waals surface area contributed by atoms with E-state index in [9.17, 15) is 14.7 Å². The van der Waals surface area contributed by atoms with Crippen molar-refractivity contribution in [3.8, 4) is 0 Å². The first-order valence-corrected chi connectivity index (χ1v) is 8.37. The first-order valence-electron chi connectivity index (χ1n) is 8.37. The maximum atomic E-state index is 12.5. The summed E-state index contributed by atoms with van der Waals surface area (Å²) in [7, 11) is 0. The Bertz CT molecular complexity index is 671. The van der Waals surface area contributed by atoms with Gasteiger partial charge in [-0.3, -0.25) is 4.79 Å². The van der Waals surface area contributed by atoms with Gasteiger partial charge < -0.3 is 15.2 Å². The normalized spacial score (nSPS) is 18.0. The summed E-state index contributed by atoms with van der Waals surface area (Å²) in [4.78, 5) is 24.5. The molecule has 0 spiro atoms. The summed E-state index contributed by atoms with van der Waals surface area (Å²) in [5, 5.41) is 12.5. The third-order valence-electron chi connectivity index (χ3n) is 4.52. The Morgan fingerprint density at radius 2 is 1.56 bits per heavy atom. The first-order chi connectivity index (χ1) is 12.2. The minimum absolute atomic E-state index is 0.262. The van der Waals surface area contributed by atoms with Crippen LogP contribution in [0.15, 0.2) is 60.7 Å². The molecule has 25 heavy (non-hydrogen) atoms. The van der Waals surface area contributed by atoms with Gasteiger partial charge in [-0.2, -0.15) is 0 Å². The van der Waals surface area contributed by atoms with Crippen LogP contribution in [0.3, 0.4) is 0 Å². The van der Waals surface area contributed by atoms with Gasteiger partial charge >= 0.3 is 5.97 Å². The predicted molar refractivity (Wildman–Crippen MR) is 93.2 cm³/mol. The zero-order chi connectivity index (χ0) is 17.6. The first kappa shape index (κ1) is 17.2. The van der Waals surface area contributed by atoms with Gasteiger partial charge in [-0.1, -0.05) is 60.7 Å². The number of hydrogen-bond donors (Lipinski definition) is 2. The van der Waals surface area contributed by atoms with Crippen molar-refractivity contribution in [1.82, 2.24) is 5.32 Å². The molecule has 1 heterocycles. The van der Waals surface area contributed by atoms with Crippen molar-refractivity contribution in [3.05, 3.63) is 71.8 Å².